The standard InChI is InChI=1S/C11H16N2O/c1-12-7-11(14)8-2-3-9-5-13-6-10(9)4-8/h2-4,11-14H,5-7H2,1H3. The molecule has 1 unspecified atom stereocenters. The molecule has 3 N–H and O–H groups in total. The van der Waals surface area contributed by atoms with Gasteiger partial charge in [0.25, 0.3) is 0 Å². The number of rotatable bonds is 3. The number of likely N-dealkylation sites (N-methyl/N-ethyl adjacent to an activating group) is 1. The van der Waals surface area contributed by atoms with E-state index in [4.69, 9.17) is 0 Å². The van der Waals surface area contributed by atoms with Crippen LogP contribution in [0.4, 0.5) is 0 Å². The summed E-state index contributed by atoms with van der Waals surface area (Å²) in [7, 11) is 1.85. The zero-order valence-electron chi connectivity index (χ0n) is 8.38. The summed E-state index contributed by atoms with van der Waals surface area (Å²) in [5.74, 6) is 0. The normalized spacial score (nSPS) is 16.7. The Bertz CT molecular complexity index is 325. The van der Waals surface area contributed by atoms with Gasteiger partial charge >= 0.3 is 0 Å². The highest BCUT2D eigenvalue weighted by molar-refractivity contribution is 5.35. The Balaban J connectivity index is 2.19. The summed E-state index contributed by atoms with van der Waals surface area (Å²) in [6, 6.07) is 6.20. The number of fused-ring (bicyclic) bond motifs is 1. The molecule has 2 rings (SSSR count). The van der Waals surface area contributed by atoms with E-state index < -0.39 is 6.10 Å². The Labute approximate surface area is 84.1 Å². The minimum atomic E-state index is -0.397. The van der Waals surface area contributed by atoms with E-state index in [0.29, 0.717) is 6.54 Å². The molecule has 0 saturated heterocycles. The third kappa shape index (κ3) is 1.80. The Kier molecular flexibility index (Phi) is 2.82. The second-order valence-electron chi connectivity index (χ2n) is 3.71. The van der Waals surface area contributed by atoms with Crippen LogP contribution in [0.5, 0.6) is 0 Å². The molecule has 0 aromatic heterocycles. The minimum Gasteiger partial charge on any atom is -0.387 e. The molecule has 0 amide bonds. The van der Waals surface area contributed by atoms with Gasteiger partial charge in [0.2, 0.25) is 0 Å². The maximum atomic E-state index is 9.77. The van der Waals surface area contributed by atoms with E-state index in [2.05, 4.69) is 22.8 Å². The molecular weight excluding hydrogens is 176 g/mol. The number of aliphatic hydroxyl groups is 1. The molecule has 1 aliphatic rings. The van der Waals surface area contributed by atoms with Crippen LogP contribution in [-0.4, -0.2) is 18.7 Å². The van der Waals surface area contributed by atoms with Crippen molar-refractivity contribution in [3.8, 4) is 0 Å². The van der Waals surface area contributed by atoms with E-state index >= 15 is 0 Å². The molecule has 0 aliphatic carbocycles. The van der Waals surface area contributed by atoms with Crippen LogP contribution in [0.1, 0.15) is 22.8 Å². The lowest BCUT2D eigenvalue weighted by Crippen LogP contribution is -2.16. The van der Waals surface area contributed by atoms with Crippen molar-refractivity contribution in [2.24, 2.45) is 0 Å². The summed E-state index contributed by atoms with van der Waals surface area (Å²) < 4.78 is 0. The van der Waals surface area contributed by atoms with Crippen LogP contribution in [0.2, 0.25) is 0 Å². The second-order valence-corrected chi connectivity index (χ2v) is 3.71. The van der Waals surface area contributed by atoms with Crippen molar-refractivity contribution in [2.45, 2.75) is 19.2 Å². The first kappa shape index (κ1) is 9.65. The van der Waals surface area contributed by atoms with Gasteiger partial charge in [0.05, 0.1) is 6.10 Å². The number of aliphatic hydroxyl groups excluding tert-OH is 1. The lowest BCUT2D eigenvalue weighted by Gasteiger charge is -2.11. The fraction of sp³-hybridized carbons (Fsp3) is 0.455. The molecule has 0 fully saturated rings. The van der Waals surface area contributed by atoms with Gasteiger partial charge in [-0.05, 0) is 23.7 Å². The minimum absolute atomic E-state index is 0.397. The van der Waals surface area contributed by atoms with Crippen LogP contribution in [0.25, 0.3) is 0 Å². The highest BCUT2D eigenvalue weighted by Gasteiger charge is 2.13. The van der Waals surface area contributed by atoms with Crippen molar-refractivity contribution in [2.75, 3.05) is 13.6 Å². The van der Waals surface area contributed by atoms with E-state index in [0.717, 1.165) is 18.7 Å². The third-order valence-corrected chi connectivity index (χ3v) is 2.64. The molecule has 76 valence electrons. The average molecular weight is 192 g/mol. The number of nitrogens with one attached hydrogen (secondary N) is 2. The molecule has 3 nitrogen and oxygen atoms in total. The Morgan fingerprint density at radius 3 is 3.00 bits per heavy atom. The Morgan fingerprint density at radius 1 is 1.43 bits per heavy atom. The lowest BCUT2D eigenvalue weighted by atomic mass is 10.0. The molecule has 1 aromatic carbocycles. The molecule has 14 heavy (non-hydrogen) atoms. The summed E-state index contributed by atoms with van der Waals surface area (Å²) in [4.78, 5) is 0. The smallest absolute Gasteiger partial charge is 0.0914 e. The number of hydrogen-bond acceptors (Lipinski definition) is 3. The zero-order valence-corrected chi connectivity index (χ0v) is 8.38. The van der Waals surface area contributed by atoms with Crippen molar-refractivity contribution in [3.63, 3.8) is 0 Å². The summed E-state index contributed by atoms with van der Waals surface area (Å²) in [5.41, 5.74) is 3.67. The van der Waals surface area contributed by atoms with Crippen LogP contribution in [0.15, 0.2) is 18.2 Å². The molecule has 1 heterocycles. The average Bonchev–Trinajstić information content (AvgIpc) is 2.64. The number of hydrogen-bond donors (Lipinski definition) is 3. The van der Waals surface area contributed by atoms with Gasteiger partial charge in [-0.3, -0.25) is 0 Å². The zero-order chi connectivity index (χ0) is 9.97. The van der Waals surface area contributed by atoms with Crippen molar-refractivity contribution in [1.29, 1.82) is 0 Å². The lowest BCUT2D eigenvalue weighted by molar-refractivity contribution is 0.177. The first-order valence-electron chi connectivity index (χ1n) is 4.96. The molecule has 0 bridgehead atoms. The molecule has 1 aliphatic heterocycles. The topological polar surface area (TPSA) is 44.3 Å². The van der Waals surface area contributed by atoms with E-state index in [1.807, 2.05) is 13.1 Å². The van der Waals surface area contributed by atoms with Gasteiger partial charge in [-0.1, -0.05) is 18.2 Å². The monoisotopic (exact) mass is 192 g/mol. The third-order valence-electron chi connectivity index (χ3n) is 2.64. The van der Waals surface area contributed by atoms with Gasteiger partial charge < -0.3 is 15.7 Å². The van der Waals surface area contributed by atoms with Crippen molar-refractivity contribution in [3.05, 3.63) is 34.9 Å². The van der Waals surface area contributed by atoms with Crippen LogP contribution in [-0.2, 0) is 13.1 Å². The quantitative estimate of drug-likeness (QED) is 0.655. The largest absolute Gasteiger partial charge is 0.387 e. The van der Waals surface area contributed by atoms with Gasteiger partial charge in [0, 0.05) is 19.6 Å². The molecule has 3 heteroatoms. The van der Waals surface area contributed by atoms with E-state index in [-0.39, 0.29) is 0 Å². The van der Waals surface area contributed by atoms with Crippen LogP contribution in [0.3, 0.4) is 0 Å². The molecular formula is C11H16N2O. The first-order valence-corrected chi connectivity index (χ1v) is 4.96. The SMILES string of the molecule is CNCC(O)c1ccc2c(c1)CNC2. The summed E-state index contributed by atoms with van der Waals surface area (Å²) in [6.45, 7) is 2.49. The van der Waals surface area contributed by atoms with Crippen molar-refractivity contribution in [1.82, 2.24) is 10.6 Å². The fourth-order valence-corrected chi connectivity index (χ4v) is 1.83. The molecule has 1 atom stereocenters. The van der Waals surface area contributed by atoms with Crippen LogP contribution in [0, 0.1) is 0 Å². The Morgan fingerprint density at radius 2 is 2.21 bits per heavy atom. The van der Waals surface area contributed by atoms with Gasteiger partial charge in [-0.15, -0.1) is 0 Å². The second kappa shape index (κ2) is 4.09. The van der Waals surface area contributed by atoms with Gasteiger partial charge in [-0.25, -0.2) is 0 Å². The summed E-state index contributed by atoms with van der Waals surface area (Å²) in [5, 5.41) is 16.0. The number of benzene rings is 1. The highest BCUT2D eigenvalue weighted by Crippen LogP contribution is 2.20. The highest BCUT2D eigenvalue weighted by atomic mass is 16.3. The molecule has 1 aromatic rings. The Hall–Kier alpha value is -0.900. The first-order chi connectivity index (χ1) is 6.81. The maximum absolute atomic E-state index is 9.77. The van der Waals surface area contributed by atoms with Crippen LogP contribution >= 0.6 is 0 Å². The van der Waals surface area contributed by atoms with Gasteiger partial charge in [-0.2, -0.15) is 0 Å². The predicted molar refractivity (Wildman–Crippen MR) is 55.9 cm³/mol. The van der Waals surface area contributed by atoms with Gasteiger partial charge in [0.1, 0.15) is 0 Å². The molecule has 0 radical (unpaired) electrons. The van der Waals surface area contributed by atoms with Crippen molar-refractivity contribution >= 4 is 0 Å². The molecule has 0 spiro atoms. The van der Waals surface area contributed by atoms with Gasteiger partial charge in [0.15, 0.2) is 0 Å². The van der Waals surface area contributed by atoms with E-state index in [1.54, 1.807) is 0 Å². The predicted octanol–water partition coefficient (Wildman–Crippen LogP) is 0.543. The van der Waals surface area contributed by atoms with Crippen LogP contribution < -0.4 is 10.6 Å². The molecule has 0 saturated carbocycles. The van der Waals surface area contributed by atoms with Crippen molar-refractivity contribution < 1.29 is 5.11 Å². The van der Waals surface area contributed by atoms with E-state index in [1.165, 1.54) is 11.1 Å². The van der Waals surface area contributed by atoms with E-state index in [9.17, 15) is 5.11 Å². The fourth-order valence-electron chi connectivity index (χ4n) is 1.83. The maximum Gasteiger partial charge on any atom is 0.0914 e. The summed E-state index contributed by atoms with van der Waals surface area (Å²) in [6.07, 6.45) is -0.397. The summed E-state index contributed by atoms with van der Waals surface area (Å²) >= 11 is 0.